The molecule has 5 atom stereocenters. The second kappa shape index (κ2) is 6.12. The van der Waals surface area contributed by atoms with E-state index in [-0.39, 0.29) is 30.7 Å². The van der Waals surface area contributed by atoms with Gasteiger partial charge >= 0.3 is 11.9 Å². The fraction of sp³-hybridized carbons (Fsp3) is 0.600. The minimum Gasteiger partial charge on any atom is -0.459 e. The molecule has 0 amide bonds. The summed E-state index contributed by atoms with van der Waals surface area (Å²) in [6, 6.07) is 4.36. The Kier molecular flexibility index (Phi) is 3.82. The van der Waals surface area contributed by atoms with Crippen molar-refractivity contribution >= 4 is 11.9 Å². The first kappa shape index (κ1) is 16.9. The molecule has 27 heavy (non-hydrogen) atoms. The van der Waals surface area contributed by atoms with Crippen molar-refractivity contribution < 1.29 is 28.5 Å². The molecule has 7 nitrogen and oxygen atoms in total. The van der Waals surface area contributed by atoms with Gasteiger partial charge in [0.05, 0.1) is 0 Å². The van der Waals surface area contributed by atoms with Crippen LogP contribution in [-0.4, -0.2) is 48.4 Å². The minimum absolute atomic E-state index is 0.0438. The number of benzene rings is 1. The van der Waals surface area contributed by atoms with Gasteiger partial charge in [-0.15, -0.1) is 0 Å². The van der Waals surface area contributed by atoms with Crippen LogP contribution in [0.1, 0.15) is 43.7 Å². The fourth-order valence-electron chi connectivity index (χ4n) is 5.47. The van der Waals surface area contributed by atoms with Crippen LogP contribution >= 0.6 is 0 Å². The number of hydrogen-bond acceptors (Lipinski definition) is 7. The van der Waals surface area contributed by atoms with Crippen molar-refractivity contribution in [3.8, 4) is 11.5 Å². The summed E-state index contributed by atoms with van der Waals surface area (Å²) in [5.74, 6) is 1.18. The Morgan fingerprint density at radius 3 is 2.59 bits per heavy atom. The van der Waals surface area contributed by atoms with E-state index in [1.807, 2.05) is 12.1 Å². The van der Waals surface area contributed by atoms with Crippen LogP contribution < -0.4 is 9.47 Å². The number of hydrogen-bond donors (Lipinski definition) is 0. The number of carbonyl (C=O) groups excluding carboxylic acids is 2. The van der Waals surface area contributed by atoms with Gasteiger partial charge in [-0.3, -0.25) is 14.5 Å². The molecular weight excluding hydrogens is 350 g/mol. The van der Waals surface area contributed by atoms with Crippen LogP contribution in [-0.2, 0) is 25.6 Å². The number of carbonyl (C=O) groups is 2. The molecule has 0 unspecified atom stereocenters. The van der Waals surface area contributed by atoms with E-state index in [4.69, 9.17) is 18.9 Å². The molecule has 2 fully saturated rings. The van der Waals surface area contributed by atoms with E-state index in [9.17, 15) is 9.59 Å². The van der Waals surface area contributed by atoms with Gasteiger partial charge in [-0.25, -0.2) is 0 Å². The third-order valence-electron chi connectivity index (χ3n) is 6.30. The molecule has 1 aromatic rings. The Balaban J connectivity index is 1.61. The monoisotopic (exact) mass is 373 g/mol. The maximum Gasteiger partial charge on any atom is 0.303 e. The molecule has 1 saturated carbocycles. The largest absolute Gasteiger partial charge is 0.459 e. The van der Waals surface area contributed by atoms with Crippen LogP contribution in [0.4, 0.5) is 0 Å². The highest BCUT2D eigenvalue weighted by Gasteiger charge is 2.55. The number of rotatable bonds is 2. The number of nitrogens with zero attached hydrogens (tertiary/aromatic N) is 1. The molecule has 3 aliphatic heterocycles. The van der Waals surface area contributed by atoms with E-state index in [1.54, 1.807) is 0 Å². The van der Waals surface area contributed by atoms with Crippen molar-refractivity contribution in [3.05, 3.63) is 23.3 Å². The van der Waals surface area contributed by atoms with Crippen molar-refractivity contribution in [2.75, 3.05) is 13.3 Å². The SMILES string of the molecule is CC(=O)O[C@H]1[C@H]2c3cc4c(cc3CN3CC[C@H](C[C@H]1OC(C)=O)[C@H]23)OCO4. The molecule has 0 aromatic heterocycles. The van der Waals surface area contributed by atoms with Crippen LogP contribution in [0.25, 0.3) is 0 Å². The van der Waals surface area contributed by atoms with Gasteiger partial charge in [0, 0.05) is 32.4 Å². The summed E-state index contributed by atoms with van der Waals surface area (Å²) in [5, 5.41) is 0. The lowest BCUT2D eigenvalue weighted by Crippen LogP contribution is -2.55. The zero-order valence-electron chi connectivity index (χ0n) is 15.5. The summed E-state index contributed by atoms with van der Waals surface area (Å²) in [5.41, 5.74) is 2.29. The summed E-state index contributed by atoms with van der Waals surface area (Å²) in [6.45, 7) is 4.90. The van der Waals surface area contributed by atoms with Gasteiger partial charge in [-0.2, -0.15) is 0 Å². The summed E-state index contributed by atoms with van der Waals surface area (Å²) >= 11 is 0. The number of ether oxygens (including phenoxy) is 4. The molecule has 0 bridgehead atoms. The fourth-order valence-corrected chi connectivity index (χ4v) is 5.47. The normalized spacial score (nSPS) is 33.2. The van der Waals surface area contributed by atoms with E-state index in [0.29, 0.717) is 5.92 Å². The van der Waals surface area contributed by atoms with Crippen molar-refractivity contribution in [1.82, 2.24) is 4.90 Å². The molecule has 1 aromatic carbocycles. The summed E-state index contributed by atoms with van der Waals surface area (Å²) in [4.78, 5) is 26.0. The Labute approximate surface area is 157 Å². The molecule has 0 N–H and O–H groups in total. The molecule has 0 radical (unpaired) electrons. The first-order chi connectivity index (χ1) is 13.0. The summed E-state index contributed by atoms with van der Waals surface area (Å²) < 4.78 is 22.5. The van der Waals surface area contributed by atoms with Crippen LogP contribution in [0.5, 0.6) is 11.5 Å². The van der Waals surface area contributed by atoms with Gasteiger partial charge in [0.25, 0.3) is 0 Å². The van der Waals surface area contributed by atoms with Crippen molar-refractivity contribution in [3.63, 3.8) is 0 Å². The topological polar surface area (TPSA) is 74.3 Å². The van der Waals surface area contributed by atoms with Crippen molar-refractivity contribution in [1.29, 1.82) is 0 Å². The van der Waals surface area contributed by atoms with Crippen LogP contribution in [0, 0.1) is 5.92 Å². The highest BCUT2D eigenvalue weighted by molar-refractivity contribution is 5.68. The third kappa shape index (κ3) is 2.67. The zero-order valence-corrected chi connectivity index (χ0v) is 15.5. The smallest absolute Gasteiger partial charge is 0.303 e. The Hall–Kier alpha value is -2.28. The molecule has 7 heteroatoms. The lowest BCUT2D eigenvalue weighted by Gasteiger charge is -2.49. The van der Waals surface area contributed by atoms with E-state index >= 15 is 0 Å². The van der Waals surface area contributed by atoms with E-state index in [2.05, 4.69) is 4.90 Å². The Bertz CT molecular complexity index is 808. The summed E-state index contributed by atoms with van der Waals surface area (Å²) in [6.07, 6.45) is 0.878. The third-order valence-corrected chi connectivity index (χ3v) is 6.30. The van der Waals surface area contributed by atoms with Crippen LogP contribution in [0.2, 0.25) is 0 Å². The van der Waals surface area contributed by atoms with Crippen molar-refractivity contribution in [2.24, 2.45) is 5.92 Å². The minimum atomic E-state index is -0.493. The highest BCUT2D eigenvalue weighted by Crippen LogP contribution is 2.52. The number of esters is 2. The molecule has 144 valence electrons. The highest BCUT2D eigenvalue weighted by atomic mass is 16.7. The average molecular weight is 373 g/mol. The number of fused-ring (bicyclic) bond motifs is 3. The predicted molar refractivity (Wildman–Crippen MR) is 93.3 cm³/mol. The van der Waals surface area contributed by atoms with Crippen LogP contribution in [0.3, 0.4) is 0 Å². The molecule has 0 spiro atoms. The average Bonchev–Trinajstić information content (AvgIpc) is 3.21. The second-order valence-electron chi connectivity index (χ2n) is 7.90. The summed E-state index contributed by atoms with van der Waals surface area (Å²) in [7, 11) is 0. The van der Waals surface area contributed by atoms with Crippen LogP contribution in [0.15, 0.2) is 12.1 Å². The Morgan fingerprint density at radius 1 is 1.11 bits per heavy atom. The van der Waals surface area contributed by atoms with Gasteiger partial charge in [0.2, 0.25) is 6.79 Å². The maximum atomic E-state index is 11.9. The van der Waals surface area contributed by atoms with Gasteiger partial charge in [0.1, 0.15) is 12.2 Å². The van der Waals surface area contributed by atoms with E-state index in [1.165, 1.54) is 19.4 Å². The maximum absolute atomic E-state index is 11.9. The molecule has 5 rings (SSSR count). The molecule has 1 aliphatic carbocycles. The van der Waals surface area contributed by atoms with Gasteiger partial charge in [0.15, 0.2) is 11.5 Å². The quantitative estimate of drug-likeness (QED) is 0.734. The lowest BCUT2D eigenvalue weighted by atomic mass is 9.68. The molecule has 3 heterocycles. The van der Waals surface area contributed by atoms with Crippen molar-refractivity contribution in [2.45, 2.75) is 57.4 Å². The first-order valence-electron chi connectivity index (χ1n) is 9.52. The van der Waals surface area contributed by atoms with Gasteiger partial charge in [-0.05, 0) is 48.6 Å². The second-order valence-corrected chi connectivity index (χ2v) is 7.90. The lowest BCUT2D eigenvalue weighted by molar-refractivity contribution is -0.176. The molecule has 4 aliphatic rings. The molecular formula is C20H23NO6. The van der Waals surface area contributed by atoms with E-state index < -0.39 is 12.2 Å². The first-order valence-corrected chi connectivity index (χ1v) is 9.52. The predicted octanol–water partition coefficient (Wildman–Crippen LogP) is 1.97. The standard InChI is InChI=1S/C20H23NO6/c1-10(22)26-17-5-12-3-4-21-8-13-6-15-16(25-9-24-15)7-14(13)18(19(12)21)20(17)27-11(2)23/h6-7,12,17-20H,3-5,8-9H2,1-2H3/t12-,17-,18+,19-,20-/m1/s1. The Morgan fingerprint density at radius 2 is 1.85 bits per heavy atom. The van der Waals surface area contributed by atoms with Gasteiger partial charge in [-0.1, -0.05) is 0 Å². The van der Waals surface area contributed by atoms with Gasteiger partial charge < -0.3 is 18.9 Å². The van der Waals surface area contributed by atoms with E-state index in [0.717, 1.165) is 43.0 Å². The molecule has 1 saturated heterocycles. The zero-order chi connectivity index (χ0) is 18.7.